The van der Waals surface area contributed by atoms with Crippen molar-refractivity contribution in [3.63, 3.8) is 0 Å². The number of aryl methyl sites for hydroxylation is 1. The molecule has 7 nitrogen and oxygen atoms in total. The van der Waals surface area contributed by atoms with Crippen LogP contribution in [0.15, 0.2) is 86.4 Å². The Morgan fingerprint density at radius 1 is 1.02 bits per heavy atom. The summed E-state index contributed by atoms with van der Waals surface area (Å²) in [5, 5.41) is 11.3. The molecule has 3 aromatic rings. The number of ether oxygens (including phenoxy) is 3. The van der Waals surface area contributed by atoms with Crippen LogP contribution in [0, 0.1) is 6.92 Å². The minimum absolute atomic E-state index is 0.0105. The summed E-state index contributed by atoms with van der Waals surface area (Å²) in [4.78, 5) is 30.1. The van der Waals surface area contributed by atoms with E-state index in [0.29, 0.717) is 39.7 Å². The van der Waals surface area contributed by atoms with Crippen LogP contribution in [0.3, 0.4) is 0 Å². The fourth-order valence-electron chi connectivity index (χ4n) is 3.81. The molecule has 0 spiro atoms. The molecule has 1 N–H and O–H groups in total. The smallest absolute Gasteiger partial charge is 0.344 e. The number of rotatable bonds is 9. The Hall–Kier alpha value is -3.53. The second-order valence-electron chi connectivity index (χ2n) is 8.78. The molecule has 212 valence electrons. The maximum absolute atomic E-state index is 12.9. The maximum Gasteiger partial charge on any atom is 0.344 e. The highest BCUT2D eigenvalue weighted by atomic mass is 79.9. The van der Waals surface area contributed by atoms with E-state index in [4.69, 9.17) is 25.8 Å². The van der Waals surface area contributed by atoms with Gasteiger partial charge >= 0.3 is 5.97 Å². The molecule has 1 aliphatic rings. The molecule has 3 aromatic carbocycles. The minimum Gasteiger partial charge on any atom is -0.506 e. The van der Waals surface area contributed by atoms with Crippen LogP contribution in [0.25, 0.3) is 6.08 Å². The van der Waals surface area contributed by atoms with Crippen LogP contribution in [0.2, 0.25) is 5.02 Å². The maximum atomic E-state index is 12.9. The molecule has 0 fully saturated rings. The lowest BCUT2D eigenvalue weighted by Crippen LogP contribution is -2.14. The van der Waals surface area contributed by atoms with Crippen LogP contribution in [0.4, 0.5) is 0 Å². The SMILES string of the molecule is CCOC(=O)C1=C(O)/C(=C/c2cc(OCC)c(OCc3ccc(C)cc3)cc2Br)SC1=NC(=O)c1ccccc1Cl. The van der Waals surface area contributed by atoms with E-state index in [-0.39, 0.29) is 33.6 Å². The summed E-state index contributed by atoms with van der Waals surface area (Å²) < 4.78 is 17.7. The van der Waals surface area contributed by atoms with Gasteiger partial charge in [-0.2, -0.15) is 0 Å². The summed E-state index contributed by atoms with van der Waals surface area (Å²) in [6.45, 7) is 6.39. The molecule has 0 bridgehead atoms. The summed E-state index contributed by atoms with van der Waals surface area (Å²) in [7, 11) is 0. The van der Waals surface area contributed by atoms with Gasteiger partial charge in [-0.15, -0.1) is 0 Å². The van der Waals surface area contributed by atoms with Crippen molar-refractivity contribution in [3.05, 3.63) is 109 Å². The fourth-order valence-corrected chi connectivity index (χ4v) is 5.47. The Bertz CT molecular complexity index is 1570. The van der Waals surface area contributed by atoms with Gasteiger partial charge < -0.3 is 19.3 Å². The first-order chi connectivity index (χ1) is 19.7. The summed E-state index contributed by atoms with van der Waals surface area (Å²) >= 11 is 10.7. The van der Waals surface area contributed by atoms with Crippen LogP contribution in [0.5, 0.6) is 11.5 Å². The van der Waals surface area contributed by atoms with Gasteiger partial charge in [0.05, 0.1) is 28.7 Å². The highest BCUT2D eigenvalue weighted by Gasteiger charge is 2.34. The van der Waals surface area contributed by atoms with Crippen molar-refractivity contribution in [1.29, 1.82) is 0 Å². The highest BCUT2D eigenvalue weighted by Crippen LogP contribution is 2.42. The number of aliphatic hydroxyl groups is 1. The number of nitrogens with zero attached hydrogens (tertiary/aromatic N) is 1. The molecule has 41 heavy (non-hydrogen) atoms. The van der Waals surface area contributed by atoms with E-state index in [1.807, 2.05) is 38.1 Å². The molecule has 0 unspecified atom stereocenters. The number of carbonyl (C=O) groups excluding carboxylic acids is 2. The predicted molar refractivity (Wildman–Crippen MR) is 166 cm³/mol. The minimum atomic E-state index is -0.791. The van der Waals surface area contributed by atoms with E-state index in [1.54, 1.807) is 43.3 Å². The molecule has 0 aromatic heterocycles. The first kappa shape index (κ1) is 30.4. The molecule has 0 atom stereocenters. The lowest BCUT2D eigenvalue weighted by atomic mass is 10.1. The third kappa shape index (κ3) is 7.41. The molecule has 1 aliphatic heterocycles. The van der Waals surface area contributed by atoms with E-state index in [0.717, 1.165) is 17.3 Å². The van der Waals surface area contributed by atoms with Crippen LogP contribution < -0.4 is 9.47 Å². The Kier molecular flexibility index (Phi) is 10.3. The number of aliphatic hydroxyl groups excluding tert-OH is 1. The topological polar surface area (TPSA) is 94.4 Å². The second-order valence-corrected chi connectivity index (χ2v) is 11.1. The highest BCUT2D eigenvalue weighted by molar-refractivity contribution is 9.10. The predicted octanol–water partition coefficient (Wildman–Crippen LogP) is 8.09. The number of benzene rings is 3. The monoisotopic (exact) mass is 655 g/mol. The molecule has 0 saturated carbocycles. The van der Waals surface area contributed by atoms with Gasteiger partial charge in [0.15, 0.2) is 11.5 Å². The number of amides is 1. The van der Waals surface area contributed by atoms with Crippen LogP contribution >= 0.6 is 39.3 Å². The number of carbonyl (C=O) groups is 2. The van der Waals surface area contributed by atoms with Crippen LogP contribution in [0.1, 0.15) is 40.9 Å². The third-order valence-corrected chi connectivity index (χ3v) is 7.88. The second kappa shape index (κ2) is 13.9. The first-order valence-corrected chi connectivity index (χ1v) is 14.7. The van der Waals surface area contributed by atoms with Gasteiger partial charge in [-0.05, 0) is 62.2 Å². The summed E-state index contributed by atoms with van der Waals surface area (Å²) in [5.41, 5.74) is 2.81. The van der Waals surface area contributed by atoms with E-state index in [2.05, 4.69) is 20.9 Å². The molecule has 0 radical (unpaired) electrons. The molecule has 0 aliphatic carbocycles. The normalized spacial score (nSPS) is 15.0. The molecule has 4 rings (SSSR count). The lowest BCUT2D eigenvalue weighted by Gasteiger charge is -2.14. The van der Waals surface area contributed by atoms with Gasteiger partial charge in [-0.3, -0.25) is 4.79 Å². The lowest BCUT2D eigenvalue weighted by molar-refractivity contribution is -0.138. The molecule has 0 saturated heterocycles. The van der Waals surface area contributed by atoms with Gasteiger partial charge in [-0.1, -0.05) is 81.3 Å². The quantitative estimate of drug-likeness (QED) is 0.233. The summed E-state index contributed by atoms with van der Waals surface area (Å²) in [6, 6.07) is 18.1. The van der Waals surface area contributed by atoms with Gasteiger partial charge in [0.2, 0.25) is 0 Å². The first-order valence-electron chi connectivity index (χ1n) is 12.7. The van der Waals surface area contributed by atoms with Crippen molar-refractivity contribution in [2.45, 2.75) is 27.4 Å². The van der Waals surface area contributed by atoms with Crippen molar-refractivity contribution < 1.29 is 28.9 Å². The number of hydrogen-bond donors (Lipinski definition) is 1. The van der Waals surface area contributed by atoms with Gasteiger partial charge in [0, 0.05) is 4.47 Å². The number of halogens is 2. The van der Waals surface area contributed by atoms with Crippen molar-refractivity contribution in [3.8, 4) is 11.5 Å². The average molecular weight is 657 g/mol. The van der Waals surface area contributed by atoms with Crippen molar-refractivity contribution in [2.24, 2.45) is 4.99 Å². The zero-order valence-corrected chi connectivity index (χ0v) is 25.7. The third-order valence-electron chi connectivity index (χ3n) is 5.84. The number of esters is 1. The Labute approximate surface area is 256 Å². The van der Waals surface area contributed by atoms with Crippen molar-refractivity contribution in [2.75, 3.05) is 13.2 Å². The Morgan fingerprint density at radius 2 is 1.73 bits per heavy atom. The van der Waals surface area contributed by atoms with Crippen molar-refractivity contribution >= 4 is 62.3 Å². The number of hydrogen-bond acceptors (Lipinski definition) is 7. The zero-order chi connectivity index (χ0) is 29.5. The Morgan fingerprint density at radius 3 is 2.41 bits per heavy atom. The zero-order valence-electron chi connectivity index (χ0n) is 22.6. The number of thioether (sulfide) groups is 1. The molecule has 1 heterocycles. The molecular formula is C31H27BrClNO6S. The van der Waals surface area contributed by atoms with E-state index >= 15 is 0 Å². The molecular weight excluding hydrogens is 630 g/mol. The number of aliphatic imine (C=N–C) groups is 1. The van der Waals surface area contributed by atoms with Gasteiger partial charge in [0.25, 0.3) is 5.91 Å². The summed E-state index contributed by atoms with van der Waals surface area (Å²) in [6.07, 6.45) is 1.66. The van der Waals surface area contributed by atoms with Gasteiger partial charge in [0.1, 0.15) is 23.0 Å². The van der Waals surface area contributed by atoms with E-state index in [9.17, 15) is 14.7 Å². The standard InChI is InChI=1S/C31H27BrClNO6S/c1-4-38-24-14-20(22(32)16-25(24)40-17-19-12-10-18(3)11-13-19)15-26-28(35)27(31(37)39-5-2)30(41-26)34-29(36)21-8-6-7-9-23(21)33/h6-16,35H,4-5,17H2,1-3H3/b26-15-,34-30?. The Balaban J connectivity index is 1.68. The van der Waals surface area contributed by atoms with Gasteiger partial charge in [-0.25, -0.2) is 9.79 Å². The van der Waals surface area contributed by atoms with E-state index in [1.165, 1.54) is 11.6 Å². The van der Waals surface area contributed by atoms with Crippen LogP contribution in [-0.2, 0) is 16.1 Å². The molecule has 1 amide bonds. The average Bonchev–Trinajstić information content (AvgIpc) is 3.24. The summed E-state index contributed by atoms with van der Waals surface area (Å²) in [5.74, 6) is -0.734. The fraction of sp³-hybridized carbons (Fsp3) is 0.194. The molecule has 10 heteroatoms. The van der Waals surface area contributed by atoms with E-state index < -0.39 is 11.9 Å². The van der Waals surface area contributed by atoms with Crippen LogP contribution in [-0.4, -0.2) is 35.2 Å². The van der Waals surface area contributed by atoms with Crippen molar-refractivity contribution in [1.82, 2.24) is 0 Å². The largest absolute Gasteiger partial charge is 0.506 e.